The minimum absolute atomic E-state index is 0.297. The fourth-order valence-electron chi connectivity index (χ4n) is 2.33. The quantitative estimate of drug-likeness (QED) is 0.607. The molecule has 2 aliphatic rings. The average Bonchev–Trinajstić information content (AvgIpc) is 2.63. The monoisotopic (exact) mass is 183 g/mol. The van der Waals surface area contributed by atoms with Crippen molar-refractivity contribution in [3.8, 4) is 0 Å². The average molecular weight is 183 g/mol. The largest absolute Gasteiger partial charge is 0.378 e. The summed E-state index contributed by atoms with van der Waals surface area (Å²) in [7, 11) is 0. The van der Waals surface area contributed by atoms with E-state index in [1.54, 1.807) is 0 Å². The molecule has 74 valence electrons. The van der Waals surface area contributed by atoms with Gasteiger partial charge in [0.15, 0.2) is 0 Å². The van der Waals surface area contributed by atoms with Crippen LogP contribution in [0.4, 0.5) is 0 Å². The van der Waals surface area contributed by atoms with Crippen molar-refractivity contribution in [2.75, 3.05) is 19.7 Å². The number of fused-ring (bicyclic) bond motifs is 1. The van der Waals surface area contributed by atoms with E-state index < -0.39 is 0 Å². The third kappa shape index (κ3) is 1.70. The second kappa shape index (κ2) is 3.66. The third-order valence-electron chi connectivity index (χ3n) is 3.14. The summed E-state index contributed by atoms with van der Waals surface area (Å²) in [6, 6.07) is 0. The molecule has 2 fully saturated rings. The van der Waals surface area contributed by atoms with E-state index >= 15 is 0 Å². The first-order chi connectivity index (χ1) is 6.31. The van der Waals surface area contributed by atoms with Crippen LogP contribution in [0.15, 0.2) is 0 Å². The van der Waals surface area contributed by atoms with Crippen LogP contribution in [0, 0.1) is 5.92 Å². The summed E-state index contributed by atoms with van der Waals surface area (Å²) in [6.07, 6.45) is 3.26. The lowest BCUT2D eigenvalue weighted by molar-refractivity contribution is -0.133. The van der Waals surface area contributed by atoms with Crippen molar-refractivity contribution in [3.05, 3.63) is 0 Å². The van der Waals surface area contributed by atoms with Gasteiger partial charge in [0.25, 0.3) is 0 Å². The molecule has 0 aliphatic carbocycles. The molecule has 0 saturated carbocycles. The zero-order chi connectivity index (χ0) is 9.26. The van der Waals surface area contributed by atoms with Gasteiger partial charge in [-0.15, -0.1) is 0 Å². The van der Waals surface area contributed by atoms with Crippen molar-refractivity contribution in [1.29, 1.82) is 0 Å². The van der Waals surface area contributed by atoms with E-state index in [1.807, 2.05) is 11.8 Å². The molecule has 2 saturated heterocycles. The molecule has 0 aromatic heterocycles. The first-order valence-corrected chi connectivity index (χ1v) is 5.20. The lowest BCUT2D eigenvalue weighted by atomic mass is 9.94. The van der Waals surface area contributed by atoms with Gasteiger partial charge in [0.05, 0.1) is 6.10 Å². The zero-order valence-corrected chi connectivity index (χ0v) is 8.16. The summed E-state index contributed by atoms with van der Waals surface area (Å²) in [4.78, 5) is 13.4. The fraction of sp³-hybridized carbons (Fsp3) is 0.900. The van der Waals surface area contributed by atoms with Crippen LogP contribution in [0.5, 0.6) is 0 Å². The highest BCUT2D eigenvalue weighted by Crippen LogP contribution is 2.28. The molecule has 2 rings (SSSR count). The Bertz CT molecular complexity index is 205. The van der Waals surface area contributed by atoms with E-state index in [1.165, 1.54) is 0 Å². The maximum absolute atomic E-state index is 11.4. The van der Waals surface area contributed by atoms with Gasteiger partial charge < -0.3 is 9.64 Å². The van der Waals surface area contributed by atoms with E-state index in [0.717, 1.165) is 32.5 Å². The summed E-state index contributed by atoms with van der Waals surface area (Å²) in [5.41, 5.74) is 0. The minimum atomic E-state index is 0.297. The van der Waals surface area contributed by atoms with Crippen molar-refractivity contribution in [2.45, 2.75) is 32.3 Å². The van der Waals surface area contributed by atoms with Crippen LogP contribution in [0.2, 0.25) is 0 Å². The molecule has 0 unspecified atom stereocenters. The Hall–Kier alpha value is -0.570. The highest BCUT2D eigenvalue weighted by molar-refractivity contribution is 5.75. The molecule has 2 heterocycles. The van der Waals surface area contributed by atoms with Gasteiger partial charge >= 0.3 is 0 Å². The third-order valence-corrected chi connectivity index (χ3v) is 3.14. The van der Waals surface area contributed by atoms with Gasteiger partial charge in [0.2, 0.25) is 5.91 Å². The number of hydrogen-bond donors (Lipinski definition) is 0. The van der Waals surface area contributed by atoms with Gasteiger partial charge in [0, 0.05) is 32.0 Å². The van der Waals surface area contributed by atoms with Gasteiger partial charge in [0.1, 0.15) is 0 Å². The number of ether oxygens (including phenoxy) is 1. The Balaban J connectivity index is 1.93. The molecule has 0 spiro atoms. The number of carbonyl (C=O) groups excluding carboxylic acids is 1. The molecule has 2 atom stereocenters. The summed E-state index contributed by atoms with van der Waals surface area (Å²) in [5.74, 6) is 0.912. The first-order valence-electron chi connectivity index (χ1n) is 5.20. The van der Waals surface area contributed by atoms with Crippen LogP contribution in [0.1, 0.15) is 26.2 Å². The fourth-order valence-corrected chi connectivity index (χ4v) is 2.33. The van der Waals surface area contributed by atoms with Gasteiger partial charge in [-0.3, -0.25) is 4.79 Å². The van der Waals surface area contributed by atoms with Crippen LogP contribution >= 0.6 is 0 Å². The Labute approximate surface area is 79.0 Å². The normalized spacial score (nSPS) is 33.2. The number of nitrogens with zero attached hydrogens (tertiary/aromatic N) is 1. The number of amides is 1. The predicted molar refractivity (Wildman–Crippen MR) is 49.3 cm³/mol. The van der Waals surface area contributed by atoms with Crippen LogP contribution in [0.25, 0.3) is 0 Å². The smallest absolute Gasteiger partial charge is 0.222 e. The van der Waals surface area contributed by atoms with Crippen molar-refractivity contribution in [3.63, 3.8) is 0 Å². The summed E-state index contributed by atoms with van der Waals surface area (Å²) < 4.78 is 5.58. The second-order valence-corrected chi connectivity index (χ2v) is 3.94. The van der Waals surface area contributed by atoms with Crippen LogP contribution in [-0.4, -0.2) is 36.6 Å². The summed E-state index contributed by atoms with van der Waals surface area (Å²) in [6.45, 7) is 4.65. The molecule has 0 aromatic carbocycles. The summed E-state index contributed by atoms with van der Waals surface area (Å²) in [5, 5.41) is 0. The van der Waals surface area contributed by atoms with Gasteiger partial charge in [-0.2, -0.15) is 0 Å². The maximum Gasteiger partial charge on any atom is 0.222 e. The van der Waals surface area contributed by atoms with Crippen molar-refractivity contribution in [1.82, 2.24) is 4.90 Å². The van der Waals surface area contributed by atoms with Crippen LogP contribution in [-0.2, 0) is 9.53 Å². The Kier molecular flexibility index (Phi) is 2.54. The highest BCUT2D eigenvalue weighted by Gasteiger charge is 2.34. The maximum atomic E-state index is 11.4. The number of rotatable bonds is 1. The molecule has 3 heteroatoms. The Morgan fingerprint density at radius 3 is 3.15 bits per heavy atom. The van der Waals surface area contributed by atoms with Crippen LogP contribution in [0.3, 0.4) is 0 Å². The number of hydrogen-bond acceptors (Lipinski definition) is 2. The van der Waals surface area contributed by atoms with Crippen molar-refractivity contribution in [2.24, 2.45) is 5.92 Å². The standard InChI is InChI=1S/C10H17NO2/c1-2-10(12)11-5-3-9-8(7-11)4-6-13-9/h8-9H,2-7H2,1H3/t8-,9+/m0/s1. The Morgan fingerprint density at radius 1 is 1.54 bits per heavy atom. The van der Waals surface area contributed by atoms with E-state index in [-0.39, 0.29) is 0 Å². The van der Waals surface area contributed by atoms with E-state index in [9.17, 15) is 4.79 Å². The number of piperidine rings is 1. The molecule has 0 radical (unpaired) electrons. The van der Waals surface area contributed by atoms with Crippen LogP contribution < -0.4 is 0 Å². The summed E-state index contributed by atoms with van der Waals surface area (Å²) >= 11 is 0. The zero-order valence-electron chi connectivity index (χ0n) is 8.16. The van der Waals surface area contributed by atoms with E-state index in [4.69, 9.17) is 4.74 Å². The number of carbonyl (C=O) groups is 1. The van der Waals surface area contributed by atoms with Crippen molar-refractivity contribution >= 4 is 5.91 Å². The SMILES string of the molecule is CCC(=O)N1CC[C@H]2OCC[C@H]2C1. The molecule has 0 bridgehead atoms. The molecule has 2 aliphatic heterocycles. The lowest BCUT2D eigenvalue weighted by Crippen LogP contribution is -2.44. The molecular weight excluding hydrogens is 166 g/mol. The van der Waals surface area contributed by atoms with Crippen molar-refractivity contribution < 1.29 is 9.53 Å². The molecule has 1 amide bonds. The van der Waals surface area contributed by atoms with Gasteiger partial charge in [-0.05, 0) is 12.8 Å². The lowest BCUT2D eigenvalue weighted by Gasteiger charge is -2.33. The molecule has 13 heavy (non-hydrogen) atoms. The first kappa shape index (κ1) is 9.00. The minimum Gasteiger partial charge on any atom is -0.378 e. The second-order valence-electron chi connectivity index (χ2n) is 3.94. The molecular formula is C10H17NO2. The number of likely N-dealkylation sites (tertiary alicyclic amines) is 1. The molecule has 3 nitrogen and oxygen atoms in total. The molecule has 0 aromatic rings. The van der Waals surface area contributed by atoms with Gasteiger partial charge in [-0.1, -0.05) is 6.92 Å². The molecule has 0 N–H and O–H groups in total. The van der Waals surface area contributed by atoms with E-state index in [2.05, 4.69) is 0 Å². The van der Waals surface area contributed by atoms with Gasteiger partial charge in [-0.25, -0.2) is 0 Å². The van der Waals surface area contributed by atoms with E-state index in [0.29, 0.717) is 24.3 Å². The highest BCUT2D eigenvalue weighted by atomic mass is 16.5. The predicted octanol–water partition coefficient (Wildman–Crippen LogP) is 1.03. The Morgan fingerprint density at radius 2 is 2.38 bits per heavy atom. The topological polar surface area (TPSA) is 29.5 Å².